The number of carboxylic acid groups (broad SMARTS) is 1. The lowest BCUT2D eigenvalue weighted by atomic mass is 9.99. The normalized spacial score (nSPS) is 16.1. The minimum Gasteiger partial charge on any atom is -0.480 e. The molecule has 0 rings (SSSR count). The van der Waals surface area contributed by atoms with E-state index in [4.69, 9.17) is 5.11 Å². The van der Waals surface area contributed by atoms with Crippen LogP contribution in [0.1, 0.15) is 41.0 Å². The van der Waals surface area contributed by atoms with Gasteiger partial charge in [-0.05, 0) is 18.8 Å². The summed E-state index contributed by atoms with van der Waals surface area (Å²) in [7, 11) is 0. The van der Waals surface area contributed by atoms with Gasteiger partial charge in [0.1, 0.15) is 6.04 Å². The predicted octanol–water partition coefficient (Wildman–Crippen LogP) is 1.83. The maximum Gasteiger partial charge on any atom is 0.326 e. The second kappa shape index (κ2) is 7.14. The van der Waals surface area contributed by atoms with Crippen LogP contribution in [-0.4, -0.2) is 29.2 Å². The molecule has 0 spiro atoms. The van der Waals surface area contributed by atoms with Gasteiger partial charge in [-0.1, -0.05) is 34.1 Å². The van der Waals surface area contributed by atoms with Gasteiger partial charge >= 0.3 is 12.0 Å². The summed E-state index contributed by atoms with van der Waals surface area (Å²) in [6.45, 7) is 9.59. The highest BCUT2D eigenvalue weighted by Crippen LogP contribution is 2.08. The molecule has 1 unspecified atom stereocenters. The summed E-state index contributed by atoms with van der Waals surface area (Å²) in [5.41, 5.74) is 0. The SMILES string of the molecule is CC[C@H](C)[C@H](NC(=O)NC(C)C(C)C)C(=O)O. The number of rotatable bonds is 6. The number of hydrogen-bond donors (Lipinski definition) is 3. The van der Waals surface area contributed by atoms with Crippen molar-refractivity contribution in [2.24, 2.45) is 11.8 Å². The lowest BCUT2D eigenvalue weighted by Gasteiger charge is -2.23. The first-order valence-electron chi connectivity index (χ1n) is 6.09. The van der Waals surface area contributed by atoms with Crippen LogP contribution < -0.4 is 10.6 Å². The summed E-state index contributed by atoms with van der Waals surface area (Å²) in [5.74, 6) is -0.771. The van der Waals surface area contributed by atoms with Crippen molar-refractivity contribution in [2.75, 3.05) is 0 Å². The molecule has 0 bridgehead atoms. The Morgan fingerprint density at radius 2 is 1.65 bits per heavy atom. The van der Waals surface area contributed by atoms with Crippen LogP contribution in [0.2, 0.25) is 0 Å². The van der Waals surface area contributed by atoms with E-state index in [1.807, 2.05) is 34.6 Å². The molecule has 3 atom stereocenters. The Morgan fingerprint density at radius 1 is 1.12 bits per heavy atom. The summed E-state index contributed by atoms with van der Waals surface area (Å²) < 4.78 is 0. The molecular weight excluding hydrogens is 220 g/mol. The van der Waals surface area contributed by atoms with Crippen LogP contribution in [0.3, 0.4) is 0 Å². The lowest BCUT2D eigenvalue weighted by Crippen LogP contribution is -2.51. The monoisotopic (exact) mass is 244 g/mol. The van der Waals surface area contributed by atoms with Crippen LogP contribution in [0.4, 0.5) is 4.79 Å². The zero-order valence-electron chi connectivity index (χ0n) is 11.3. The molecule has 0 aromatic heterocycles. The molecule has 0 fully saturated rings. The Morgan fingerprint density at radius 3 is 2.00 bits per heavy atom. The Bertz CT molecular complexity index is 266. The summed E-state index contributed by atoms with van der Waals surface area (Å²) >= 11 is 0. The van der Waals surface area contributed by atoms with E-state index in [0.717, 1.165) is 0 Å². The van der Waals surface area contributed by atoms with E-state index in [9.17, 15) is 9.59 Å². The quantitative estimate of drug-likeness (QED) is 0.667. The van der Waals surface area contributed by atoms with Crippen LogP contribution in [0.15, 0.2) is 0 Å². The standard InChI is InChI=1S/C12H24N2O3/c1-6-8(4)10(11(15)16)14-12(17)13-9(5)7(2)3/h7-10H,6H2,1-5H3,(H,15,16)(H2,13,14,17)/t8-,9?,10-/m0/s1. The summed E-state index contributed by atoms with van der Waals surface area (Å²) in [6, 6.07) is -1.24. The molecule has 0 aliphatic rings. The first kappa shape index (κ1) is 15.7. The third-order valence-electron chi connectivity index (χ3n) is 3.12. The number of carbonyl (C=O) groups excluding carboxylic acids is 1. The van der Waals surface area contributed by atoms with Crippen LogP contribution in [0.5, 0.6) is 0 Å². The Balaban J connectivity index is 4.37. The molecule has 3 N–H and O–H groups in total. The van der Waals surface area contributed by atoms with Gasteiger partial charge < -0.3 is 15.7 Å². The molecule has 0 radical (unpaired) electrons. The van der Waals surface area contributed by atoms with Gasteiger partial charge in [0.15, 0.2) is 0 Å². The van der Waals surface area contributed by atoms with E-state index in [1.165, 1.54) is 0 Å². The van der Waals surface area contributed by atoms with Gasteiger partial charge in [-0.25, -0.2) is 9.59 Å². The third-order valence-corrected chi connectivity index (χ3v) is 3.12. The fraction of sp³-hybridized carbons (Fsp3) is 0.833. The summed E-state index contributed by atoms with van der Waals surface area (Å²) in [5, 5.41) is 14.3. The predicted molar refractivity (Wildman–Crippen MR) is 66.8 cm³/mol. The molecule has 100 valence electrons. The summed E-state index contributed by atoms with van der Waals surface area (Å²) in [4.78, 5) is 22.6. The van der Waals surface area contributed by atoms with Gasteiger partial charge in [-0.2, -0.15) is 0 Å². The molecule has 5 heteroatoms. The highest BCUT2D eigenvalue weighted by molar-refractivity contribution is 5.82. The van der Waals surface area contributed by atoms with Crippen molar-refractivity contribution in [3.8, 4) is 0 Å². The average molecular weight is 244 g/mol. The van der Waals surface area contributed by atoms with Crippen molar-refractivity contribution in [1.29, 1.82) is 0 Å². The van der Waals surface area contributed by atoms with Crippen molar-refractivity contribution in [3.63, 3.8) is 0 Å². The van der Waals surface area contributed by atoms with Gasteiger partial charge in [0, 0.05) is 6.04 Å². The van der Waals surface area contributed by atoms with Gasteiger partial charge in [0.05, 0.1) is 0 Å². The molecule has 17 heavy (non-hydrogen) atoms. The largest absolute Gasteiger partial charge is 0.480 e. The number of aliphatic carboxylic acids is 1. The summed E-state index contributed by atoms with van der Waals surface area (Å²) in [6.07, 6.45) is 0.705. The van der Waals surface area contributed by atoms with E-state index < -0.39 is 18.0 Å². The first-order valence-corrected chi connectivity index (χ1v) is 6.09. The Hall–Kier alpha value is -1.26. The number of urea groups is 1. The maximum absolute atomic E-state index is 11.6. The van der Waals surface area contributed by atoms with Crippen LogP contribution in [-0.2, 0) is 4.79 Å². The molecule has 0 aromatic carbocycles. The maximum atomic E-state index is 11.6. The van der Waals surface area contributed by atoms with Crippen LogP contribution >= 0.6 is 0 Å². The number of carbonyl (C=O) groups is 2. The number of carboxylic acids is 1. The smallest absolute Gasteiger partial charge is 0.326 e. The van der Waals surface area contributed by atoms with Gasteiger partial charge in [0.2, 0.25) is 0 Å². The number of amides is 2. The van der Waals surface area contributed by atoms with Crippen molar-refractivity contribution in [1.82, 2.24) is 10.6 Å². The van der Waals surface area contributed by atoms with Crippen LogP contribution in [0, 0.1) is 11.8 Å². The van der Waals surface area contributed by atoms with Crippen molar-refractivity contribution in [3.05, 3.63) is 0 Å². The van der Waals surface area contributed by atoms with E-state index in [-0.39, 0.29) is 12.0 Å². The molecule has 0 aromatic rings. The average Bonchev–Trinajstić information content (AvgIpc) is 2.24. The lowest BCUT2D eigenvalue weighted by molar-refractivity contribution is -0.140. The van der Waals surface area contributed by atoms with Gasteiger partial charge in [-0.15, -0.1) is 0 Å². The number of hydrogen-bond acceptors (Lipinski definition) is 2. The Kier molecular flexibility index (Phi) is 6.61. The zero-order chi connectivity index (χ0) is 13.6. The molecule has 0 aliphatic carbocycles. The van der Waals surface area contributed by atoms with Crippen LogP contribution in [0.25, 0.3) is 0 Å². The highest BCUT2D eigenvalue weighted by Gasteiger charge is 2.25. The molecule has 0 saturated carbocycles. The fourth-order valence-corrected chi connectivity index (χ4v) is 1.24. The van der Waals surface area contributed by atoms with Gasteiger partial charge in [-0.3, -0.25) is 0 Å². The highest BCUT2D eigenvalue weighted by atomic mass is 16.4. The molecule has 2 amide bonds. The molecule has 0 aliphatic heterocycles. The molecular formula is C12H24N2O3. The topological polar surface area (TPSA) is 78.4 Å². The van der Waals surface area contributed by atoms with Crippen molar-refractivity contribution < 1.29 is 14.7 Å². The Labute approximate surface area is 103 Å². The van der Waals surface area contributed by atoms with Crippen molar-refractivity contribution >= 4 is 12.0 Å². The minimum absolute atomic E-state index is 0.0152. The minimum atomic E-state index is -0.994. The molecule has 0 saturated heterocycles. The third kappa shape index (κ3) is 5.56. The molecule has 5 nitrogen and oxygen atoms in total. The second-order valence-corrected chi connectivity index (χ2v) is 4.85. The van der Waals surface area contributed by atoms with E-state index in [0.29, 0.717) is 12.3 Å². The first-order chi connectivity index (χ1) is 7.79. The fourth-order valence-electron chi connectivity index (χ4n) is 1.24. The van der Waals surface area contributed by atoms with Gasteiger partial charge in [0.25, 0.3) is 0 Å². The van der Waals surface area contributed by atoms with Crippen molar-refractivity contribution in [2.45, 2.75) is 53.1 Å². The van der Waals surface area contributed by atoms with E-state index >= 15 is 0 Å². The van der Waals surface area contributed by atoms with E-state index in [1.54, 1.807) is 0 Å². The van der Waals surface area contributed by atoms with E-state index in [2.05, 4.69) is 10.6 Å². The number of nitrogens with one attached hydrogen (secondary N) is 2. The second-order valence-electron chi connectivity index (χ2n) is 4.85. The molecule has 0 heterocycles. The zero-order valence-corrected chi connectivity index (χ0v) is 11.3.